The molecule has 0 aromatic rings. The SMILES string of the molecule is CN(C(=O)CC1CCC(N)CC1)C1CCC1. The quantitative estimate of drug-likeness (QED) is 0.796. The molecule has 0 bridgehead atoms. The monoisotopic (exact) mass is 224 g/mol. The van der Waals surface area contributed by atoms with Crippen LogP contribution in [0.25, 0.3) is 0 Å². The number of hydrogen-bond acceptors (Lipinski definition) is 2. The standard InChI is InChI=1S/C13H24N2O/c1-15(12-3-2-4-12)13(16)9-10-5-7-11(14)8-6-10/h10-12H,2-9,14H2,1H3. The average Bonchev–Trinajstić information content (AvgIpc) is 2.19. The Kier molecular flexibility index (Phi) is 3.85. The number of rotatable bonds is 3. The molecule has 16 heavy (non-hydrogen) atoms. The third-order valence-electron chi connectivity index (χ3n) is 4.37. The second kappa shape index (κ2) is 5.17. The Labute approximate surface area is 98.4 Å². The van der Waals surface area contributed by atoms with Crippen molar-refractivity contribution in [2.24, 2.45) is 11.7 Å². The zero-order valence-corrected chi connectivity index (χ0v) is 10.3. The molecule has 2 saturated carbocycles. The number of hydrogen-bond donors (Lipinski definition) is 1. The summed E-state index contributed by atoms with van der Waals surface area (Å²) < 4.78 is 0. The van der Waals surface area contributed by atoms with Crippen molar-refractivity contribution in [2.45, 2.75) is 63.5 Å². The molecule has 2 rings (SSSR count). The van der Waals surface area contributed by atoms with E-state index in [0.717, 1.165) is 32.1 Å². The van der Waals surface area contributed by atoms with Crippen LogP contribution in [-0.4, -0.2) is 29.9 Å². The van der Waals surface area contributed by atoms with Gasteiger partial charge in [-0.3, -0.25) is 4.79 Å². The highest BCUT2D eigenvalue weighted by Crippen LogP contribution is 2.29. The normalized spacial score (nSPS) is 30.9. The lowest BCUT2D eigenvalue weighted by Gasteiger charge is -2.36. The molecule has 0 unspecified atom stereocenters. The Morgan fingerprint density at radius 3 is 2.31 bits per heavy atom. The second-order valence-electron chi connectivity index (χ2n) is 5.57. The minimum absolute atomic E-state index is 0.352. The summed E-state index contributed by atoms with van der Waals surface area (Å²) in [6, 6.07) is 0.925. The van der Waals surface area contributed by atoms with E-state index in [1.165, 1.54) is 19.3 Å². The summed E-state index contributed by atoms with van der Waals surface area (Å²) in [5, 5.41) is 0. The number of amides is 1. The van der Waals surface area contributed by atoms with Crippen molar-refractivity contribution in [2.75, 3.05) is 7.05 Å². The number of carbonyl (C=O) groups excluding carboxylic acids is 1. The highest BCUT2D eigenvalue weighted by atomic mass is 16.2. The van der Waals surface area contributed by atoms with Gasteiger partial charge in [-0.1, -0.05) is 0 Å². The third-order valence-corrected chi connectivity index (χ3v) is 4.37. The van der Waals surface area contributed by atoms with E-state index in [1.54, 1.807) is 0 Å². The van der Waals surface area contributed by atoms with E-state index in [2.05, 4.69) is 0 Å². The van der Waals surface area contributed by atoms with Gasteiger partial charge < -0.3 is 10.6 Å². The van der Waals surface area contributed by atoms with Gasteiger partial charge >= 0.3 is 0 Å². The van der Waals surface area contributed by atoms with E-state index >= 15 is 0 Å². The molecule has 1 amide bonds. The summed E-state index contributed by atoms with van der Waals surface area (Å²) in [4.78, 5) is 14.0. The lowest BCUT2D eigenvalue weighted by molar-refractivity contribution is -0.134. The van der Waals surface area contributed by atoms with Crippen LogP contribution in [0, 0.1) is 5.92 Å². The van der Waals surface area contributed by atoms with Crippen LogP contribution in [0.4, 0.5) is 0 Å². The fraction of sp³-hybridized carbons (Fsp3) is 0.923. The van der Waals surface area contributed by atoms with Gasteiger partial charge in [0.2, 0.25) is 5.91 Å². The van der Waals surface area contributed by atoms with Gasteiger partial charge in [0.15, 0.2) is 0 Å². The van der Waals surface area contributed by atoms with Crippen LogP contribution in [0.15, 0.2) is 0 Å². The van der Waals surface area contributed by atoms with Gasteiger partial charge in [-0.05, 0) is 50.9 Å². The predicted molar refractivity (Wildman–Crippen MR) is 65.0 cm³/mol. The molecule has 0 radical (unpaired) electrons. The molecule has 0 heterocycles. The summed E-state index contributed by atoms with van der Waals surface area (Å²) in [7, 11) is 1.97. The topological polar surface area (TPSA) is 46.3 Å². The maximum absolute atomic E-state index is 12.0. The predicted octanol–water partition coefficient (Wildman–Crippen LogP) is 1.90. The van der Waals surface area contributed by atoms with Gasteiger partial charge in [0.05, 0.1) is 0 Å². The van der Waals surface area contributed by atoms with Crippen LogP contribution in [0.3, 0.4) is 0 Å². The maximum atomic E-state index is 12.0. The average molecular weight is 224 g/mol. The molecule has 3 nitrogen and oxygen atoms in total. The van der Waals surface area contributed by atoms with Gasteiger partial charge in [-0.15, -0.1) is 0 Å². The van der Waals surface area contributed by atoms with Crippen molar-refractivity contribution >= 4 is 5.91 Å². The molecular formula is C13H24N2O. The Hall–Kier alpha value is -0.570. The van der Waals surface area contributed by atoms with E-state index < -0.39 is 0 Å². The van der Waals surface area contributed by atoms with E-state index in [1.807, 2.05) is 11.9 Å². The van der Waals surface area contributed by atoms with Crippen molar-refractivity contribution in [1.82, 2.24) is 4.90 Å². The van der Waals surface area contributed by atoms with E-state index in [0.29, 0.717) is 23.9 Å². The highest BCUT2D eigenvalue weighted by Gasteiger charge is 2.28. The Morgan fingerprint density at radius 1 is 1.19 bits per heavy atom. The lowest BCUT2D eigenvalue weighted by atomic mass is 9.83. The molecule has 0 atom stereocenters. The highest BCUT2D eigenvalue weighted by molar-refractivity contribution is 5.76. The smallest absolute Gasteiger partial charge is 0.222 e. The summed E-state index contributed by atoms with van der Waals surface area (Å²) >= 11 is 0. The van der Waals surface area contributed by atoms with E-state index in [-0.39, 0.29) is 0 Å². The van der Waals surface area contributed by atoms with Gasteiger partial charge in [0, 0.05) is 25.6 Å². The molecule has 0 saturated heterocycles. The largest absolute Gasteiger partial charge is 0.343 e. The van der Waals surface area contributed by atoms with E-state index in [9.17, 15) is 4.79 Å². The first kappa shape index (κ1) is 11.9. The first-order valence-electron chi connectivity index (χ1n) is 6.68. The summed E-state index contributed by atoms with van der Waals surface area (Å²) in [5.41, 5.74) is 5.87. The van der Waals surface area contributed by atoms with Crippen molar-refractivity contribution < 1.29 is 4.79 Å². The molecule has 2 fully saturated rings. The Bertz CT molecular complexity index is 242. The molecule has 2 N–H and O–H groups in total. The van der Waals surface area contributed by atoms with Crippen LogP contribution in [0.2, 0.25) is 0 Å². The second-order valence-corrected chi connectivity index (χ2v) is 5.57. The maximum Gasteiger partial charge on any atom is 0.222 e. The molecule has 92 valence electrons. The Balaban J connectivity index is 1.73. The molecule has 0 aromatic carbocycles. The molecule has 0 aromatic heterocycles. The van der Waals surface area contributed by atoms with Crippen molar-refractivity contribution in [3.63, 3.8) is 0 Å². The molecule has 0 aliphatic heterocycles. The van der Waals surface area contributed by atoms with Crippen LogP contribution in [0.1, 0.15) is 51.4 Å². The number of nitrogens with two attached hydrogens (primary N) is 1. The lowest BCUT2D eigenvalue weighted by Crippen LogP contribution is -2.42. The Morgan fingerprint density at radius 2 is 1.81 bits per heavy atom. The number of carbonyl (C=O) groups is 1. The molecule has 2 aliphatic carbocycles. The molecule has 2 aliphatic rings. The van der Waals surface area contributed by atoms with Crippen LogP contribution < -0.4 is 5.73 Å². The van der Waals surface area contributed by atoms with Crippen LogP contribution >= 0.6 is 0 Å². The van der Waals surface area contributed by atoms with Crippen molar-refractivity contribution in [1.29, 1.82) is 0 Å². The molecule has 0 spiro atoms. The summed E-state index contributed by atoms with van der Waals surface area (Å²) in [6.07, 6.45) is 8.95. The van der Waals surface area contributed by atoms with Gasteiger partial charge in [-0.25, -0.2) is 0 Å². The zero-order valence-electron chi connectivity index (χ0n) is 10.3. The first-order chi connectivity index (χ1) is 7.66. The van der Waals surface area contributed by atoms with Gasteiger partial charge in [-0.2, -0.15) is 0 Å². The third kappa shape index (κ3) is 2.76. The minimum Gasteiger partial charge on any atom is -0.343 e. The fourth-order valence-corrected chi connectivity index (χ4v) is 2.76. The minimum atomic E-state index is 0.352. The first-order valence-corrected chi connectivity index (χ1v) is 6.68. The van der Waals surface area contributed by atoms with Gasteiger partial charge in [0.25, 0.3) is 0 Å². The zero-order chi connectivity index (χ0) is 11.5. The van der Waals surface area contributed by atoms with Gasteiger partial charge in [0.1, 0.15) is 0 Å². The van der Waals surface area contributed by atoms with E-state index in [4.69, 9.17) is 5.73 Å². The summed E-state index contributed by atoms with van der Waals surface area (Å²) in [5.74, 6) is 0.944. The number of nitrogens with zero attached hydrogens (tertiary/aromatic N) is 1. The van der Waals surface area contributed by atoms with Crippen molar-refractivity contribution in [3.8, 4) is 0 Å². The molecule has 3 heteroatoms. The van der Waals surface area contributed by atoms with Crippen LogP contribution in [0.5, 0.6) is 0 Å². The summed E-state index contributed by atoms with van der Waals surface area (Å²) in [6.45, 7) is 0. The molecular weight excluding hydrogens is 200 g/mol. The van der Waals surface area contributed by atoms with Crippen molar-refractivity contribution in [3.05, 3.63) is 0 Å². The fourth-order valence-electron chi connectivity index (χ4n) is 2.76. The van der Waals surface area contributed by atoms with Crippen LogP contribution in [-0.2, 0) is 4.79 Å².